The molecule has 0 aromatic carbocycles. The van der Waals surface area contributed by atoms with E-state index in [1.165, 1.54) is 12.8 Å². The molecule has 2 heterocycles. The molecule has 2 fully saturated rings. The first-order chi connectivity index (χ1) is 9.11. The number of carbonyl (C=O) groups is 1. The molecule has 4 heteroatoms. The van der Waals surface area contributed by atoms with E-state index >= 15 is 0 Å². The Morgan fingerprint density at radius 2 is 1.89 bits per heavy atom. The van der Waals surface area contributed by atoms with Crippen molar-refractivity contribution >= 4 is 5.91 Å². The predicted molar refractivity (Wildman–Crippen MR) is 78.1 cm³/mol. The van der Waals surface area contributed by atoms with Crippen molar-refractivity contribution in [3.05, 3.63) is 0 Å². The van der Waals surface area contributed by atoms with Crippen molar-refractivity contribution in [1.29, 1.82) is 0 Å². The van der Waals surface area contributed by atoms with Gasteiger partial charge in [-0.3, -0.25) is 9.69 Å². The highest BCUT2D eigenvalue weighted by Gasteiger charge is 2.30. The lowest BCUT2D eigenvalue weighted by atomic mass is 9.99. The molecule has 0 N–H and O–H groups in total. The summed E-state index contributed by atoms with van der Waals surface area (Å²) < 4.78 is 0. The summed E-state index contributed by atoms with van der Waals surface area (Å²) in [6.45, 7) is 13.9. The smallest absolute Gasteiger partial charge is 0.239 e. The largest absolute Gasteiger partial charge is 0.341 e. The van der Waals surface area contributed by atoms with Crippen molar-refractivity contribution in [2.45, 2.75) is 39.7 Å². The van der Waals surface area contributed by atoms with Gasteiger partial charge in [0.25, 0.3) is 0 Å². The molecule has 2 atom stereocenters. The topological polar surface area (TPSA) is 26.8 Å². The number of amides is 1. The zero-order valence-corrected chi connectivity index (χ0v) is 12.8. The molecule has 19 heavy (non-hydrogen) atoms. The summed E-state index contributed by atoms with van der Waals surface area (Å²) in [6.07, 6.45) is 2.44. The third kappa shape index (κ3) is 3.69. The van der Waals surface area contributed by atoms with Crippen LogP contribution in [-0.4, -0.2) is 72.5 Å². The number of hydrogen-bond acceptors (Lipinski definition) is 3. The van der Waals surface area contributed by atoms with Crippen molar-refractivity contribution in [2.75, 3.05) is 45.8 Å². The molecule has 110 valence electrons. The van der Waals surface area contributed by atoms with Crippen molar-refractivity contribution < 1.29 is 4.79 Å². The Morgan fingerprint density at radius 1 is 1.21 bits per heavy atom. The molecule has 4 nitrogen and oxygen atoms in total. The summed E-state index contributed by atoms with van der Waals surface area (Å²) >= 11 is 0. The van der Waals surface area contributed by atoms with Crippen LogP contribution < -0.4 is 0 Å². The maximum absolute atomic E-state index is 12.6. The lowest BCUT2D eigenvalue weighted by molar-refractivity contribution is -0.138. The van der Waals surface area contributed by atoms with Crippen molar-refractivity contribution in [3.63, 3.8) is 0 Å². The molecule has 0 aromatic heterocycles. The molecular formula is C15H29N3O. The molecule has 2 saturated heterocycles. The highest BCUT2D eigenvalue weighted by molar-refractivity contribution is 5.81. The van der Waals surface area contributed by atoms with Gasteiger partial charge in [-0.25, -0.2) is 0 Å². The maximum Gasteiger partial charge on any atom is 0.239 e. The Morgan fingerprint density at radius 3 is 2.47 bits per heavy atom. The quantitative estimate of drug-likeness (QED) is 0.770. The highest BCUT2D eigenvalue weighted by Crippen LogP contribution is 2.18. The normalized spacial score (nSPS) is 28.4. The molecule has 2 aliphatic heterocycles. The van der Waals surface area contributed by atoms with Gasteiger partial charge in [0.2, 0.25) is 5.91 Å². The van der Waals surface area contributed by atoms with E-state index in [2.05, 4.69) is 35.5 Å². The third-order valence-corrected chi connectivity index (χ3v) is 4.73. The number of piperidine rings is 1. The number of hydrogen-bond donors (Lipinski definition) is 0. The number of likely N-dealkylation sites (N-methyl/N-ethyl adjacent to an activating group) is 1. The first kappa shape index (κ1) is 14.8. The van der Waals surface area contributed by atoms with Crippen LogP contribution in [0.3, 0.4) is 0 Å². The van der Waals surface area contributed by atoms with Crippen LogP contribution >= 0.6 is 0 Å². The zero-order chi connectivity index (χ0) is 13.8. The average Bonchev–Trinajstić information content (AvgIpc) is 2.46. The van der Waals surface area contributed by atoms with Crippen LogP contribution in [0, 0.1) is 5.92 Å². The summed E-state index contributed by atoms with van der Waals surface area (Å²) in [5.74, 6) is 1.01. The number of piperazine rings is 1. The first-order valence-corrected chi connectivity index (χ1v) is 7.87. The number of nitrogens with zero attached hydrogens (tertiary/aromatic N) is 3. The van der Waals surface area contributed by atoms with Gasteiger partial charge in [0.1, 0.15) is 0 Å². The van der Waals surface area contributed by atoms with Gasteiger partial charge in [0.15, 0.2) is 0 Å². The van der Waals surface area contributed by atoms with Gasteiger partial charge in [-0.1, -0.05) is 13.8 Å². The molecule has 0 radical (unpaired) electrons. The molecule has 2 aliphatic rings. The summed E-state index contributed by atoms with van der Waals surface area (Å²) in [6, 6.07) is 0.0595. The minimum absolute atomic E-state index is 0.0595. The summed E-state index contributed by atoms with van der Waals surface area (Å²) in [5, 5.41) is 0. The fourth-order valence-electron chi connectivity index (χ4n) is 3.28. The Hall–Kier alpha value is -0.610. The molecule has 2 rings (SSSR count). The van der Waals surface area contributed by atoms with Gasteiger partial charge < -0.3 is 9.80 Å². The van der Waals surface area contributed by atoms with Crippen LogP contribution in [-0.2, 0) is 4.79 Å². The van der Waals surface area contributed by atoms with E-state index in [0.29, 0.717) is 11.8 Å². The van der Waals surface area contributed by atoms with Gasteiger partial charge in [-0.05, 0) is 32.2 Å². The van der Waals surface area contributed by atoms with Crippen LogP contribution in [0.25, 0.3) is 0 Å². The molecule has 0 spiro atoms. The predicted octanol–water partition coefficient (Wildman–Crippen LogP) is 1.27. The van der Waals surface area contributed by atoms with E-state index in [1.54, 1.807) is 0 Å². The van der Waals surface area contributed by atoms with Gasteiger partial charge in [0.05, 0.1) is 6.04 Å². The zero-order valence-electron chi connectivity index (χ0n) is 12.8. The van der Waals surface area contributed by atoms with Gasteiger partial charge >= 0.3 is 0 Å². The molecule has 0 saturated carbocycles. The van der Waals surface area contributed by atoms with Crippen LogP contribution in [0.15, 0.2) is 0 Å². The highest BCUT2D eigenvalue weighted by atomic mass is 16.2. The van der Waals surface area contributed by atoms with E-state index in [0.717, 1.165) is 45.8 Å². The van der Waals surface area contributed by atoms with Crippen LogP contribution in [0.5, 0.6) is 0 Å². The molecule has 1 amide bonds. The SMILES string of the molecule is CCN1CCN(C(C)C(=O)N2CCCC(C)C2)CC1. The van der Waals surface area contributed by atoms with Crippen LogP contribution in [0.1, 0.15) is 33.6 Å². The summed E-state index contributed by atoms with van der Waals surface area (Å²) in [5.41, 5.74) is 0. The second-order valence-corrected chi connectivity index (χ2v) is 6.18. The van der Waals surface area contributed by atoms with Gasteiger partial charge in [0, 0.05) is 39.3 Å². The minimum Gasteiger partial charge on any atom is -0.341 e. The average molecular weight is 267 g/mol. The summed E-state index contributed by atoms with van der Waals surface area (Å²) in [4.78, 5) is 19.5. The van der Waals surface area contributed by atoms with Crippen molar-refractivity contribution in [2.24, 2.45) is 5.92 Å². The Balaban J connectivity index is 1.85. The molecule has 0 aromatic rings. The molecule has 0 aliphatic carbocycles. The maximum atomic E-state index is 12.6. The number of likely N-dealkylation sites (tertiary alicyclic amines) is 1. The van der Waals surface area contributed by atoms with E-state index < -0.39 is 0 Å². The van der Waals surface area contributed by atoms with E-state index in [-0.39, 0.29) is 6.04 Å². The van der Waals surface area contributed by atoms with E-state index in [4.69, 9.17) is 0 Å². The number of carbonyl (C=O) groups excluding carboxylic acids is 1. The monoisotopic (exact) mass is 267 g/mol. The Kier molecular flexibility index (Phi) is 5.22. The fourth-order valence-corrected chi connectivity index (χ4v) is 3.28. The first-order valence-electron chi connectivity index (χ1n) is 7.87. The number of rotatable bonds is 3. The second-order valence-electron chi connectivity index (χ2n) is 6.18. The lowest BCUT2D eigenvalue weighted by Crippen LogP contribution is -2.55. The molecule has 2 unspecified atom stereocenters. The third-order valence-electron chi connectivity index (χ3n) is 4.73. The Labute approximate surface area is 117 Å². The van der Waals surface area contributed by atoms with Crippen LogP contribution in [0.2, 0.25) is 0 Å². The van der Waals surface area contributed by atoms with E-state index in [9.17, 15) is 4.79 Å². The van der Waals surface area contributed by atoms with Crippen LogP contribution in [0.4, 0.5) is 0 Å². The summed E-state index contributed by atoms with van der Waals surface area (Å²) in [7, 11) is 0. The lowest BCUT2D eigenvalue weighted by Gasteiger charge is -2.40. The van der Waals surface area contributed by atoms with Crippen molar-refractivity contribution in [3.8, 4) is 0 Å². The standard InChI is InChI=1S/C15H29N3O/c1-4-16-8-10-17(11-9-16)14(3)15(19)18-7-5-6-13(2)12-18/h13-14H,4-12H2,1-3H3. The Bertz CT molecular complexity index is 300. The van der Waals surface area contributed by atoms with Gasteiger partial charge in [-0.15, -0.1) is 0 Å². The fraction of sp³-hybridized carbons (Fsp3) is 0.933. The van der Waals surface area contributed by atoms with Gasteiger partial charge in [-0.2, -0.15) is 0 Å². The van der Waals surface area contributed by atoms with Crippen molar-refractivity contribution in [1.82, 2.24) is 14.7 Å². The molecule has 0 bridgehead atoms. The minimum atomic E-state index is 0.0595. The molecular weight excluding hydrogens is 238 g/mol. The van der Waals surface area contributed by atoms with E-state index in [1.807, 2.05) is 0 Å². The second kappa shape index (κ2) is 6.71.